The molecule has 0 aromatic heterocycles. The number of anilines is 2. The smallest absolute Gasteiger partial charge is 0.245 e. The first-order valence-electron chi connectivity index (χ1n) is 7.66. The minimum atomic E-state index is -3.73. The summed E-state index contributed by atoms with van der Waals surface area (Å²) in [5.41, 5.74) is 0.703. The fraction of sp³-hybridized carbons (Fsp3) is 0.235. The largest absolute Gasteiger partial charge is 0.494 e. The van der Waals surface area contributed by atoms with Gasteiger partial charge in [0.2, 0.25) is 15.9 Å². The number of rotatable bonds is 7. The average Bonchev–Trinajstić information content (AvgIpc) is 2.54. The Hall–Kier alpha value is -1.96. The Labute approximate surface area is 162 Å². The van der Waals surface area contributed by atoms with E-state index in [9.17, 15) is 13.2 Å². The molecule has 0 spiro atoms. The van der Waals surface area contributed by atoms with E-state index >= 15 is 0 Å². The Morgan fingerprint density at radius 3 is 2.35 bits per heavy atom. The molecule has 0 atom stereocenters. The lowest BCUT2D eigenvalue weighted by Gasteiger charge is -2.23. The van der Waals surface area contributed by atoms with Crippen LogP contribution in [-0.4, -0.2) is 33.7 Å². The molecule has 0 radical (unpaired) electrons. The summed E-state index contributed by atoms with van der Waals surface area (Å²) in [5, 5.41) is 3.15. The fourth-order valence-corrected chi connectivity index (χ4v) is 3.63. The maximum atomic E-state index is 12.3. The van der Waals surface area contributed by atoms with Crippen LogP contribution in [0.4, 0.5) is 11.4 Å². The average molecular weight is 417 g/mol. The predicted octanol–water partition coefficient (Wildman–Crippen LogP) is 3.80. The zero-order valence-corrected chi connectivity index (χ0v) is 16.5. The van der Waals surface area contributed by atoms with Gasteiger partial charge in [0, 0.05) is 10.7 Å². The number of benzene rings is 2. The summed E-state index contributed by atoms with van der Waals surface area (Å²) < 4.78 is 30.5. The molecule has 0 aliphatic heterocycles. The van der Waals surface area contributed by atoms with Crippen LogP contribution in [-0.2, 0) is 14.8 Å². The molecule has 0 saturated carbocycles. The Kier molecular flexibility index (Phi) is 6.75. The van der Waals surface area contributed by atoms with Gasteiger partial charge < -0.3 is 10.1 Å². The molecule has 2 aromatic rings. The molecule has 0 unspecified atom stereocenters. The van der Waals surface area contributed by atoms with Crippen molar-refractivity contribution in [2.75, 3.05) is 29.0 Å². The lowest BCUT2D eigenvalue weighted by Crippen LogP contribution is -2.37. The molecule has 140 valence electrons. The number of carbonyl (C=O) groups is 1. The van der Waals surface area contributed by atoms with Gasteiger partial charge in [0.25, 0.3) is 0 Å². The molecule has 0 aliphatic carbocycles. The number of nitrogens with zero attached hydrogens (tertiary/aromatic N) is 1. The van der Waals surface area contributed by atoms with E-state index in [4.69, 9.17) is 27.9 Å². The van der Waals surface area contributed by atoms with Gasteiger partial charge in [-0.2, -0.15) is 0 Å². The third kappa shape index (κ3) is 5.52. The summed E-state index contributed by atoms with van der Waals surface area (Å²) in [4.78, 5) is 12.3. The molecule has 0 fully saturated rings. The first-order chi connectivity index (χ1) is 12.2. The molecule has 0 bridgehead atoms. The lowest BCUT2D eigenvalue weighted by molar-refractivity contribution is -0.114. The van der Waals surface area contributed by atoms with E-state index in [1.807, 2.05) is 6.92 Å². The van der Waals surface area contributed by atoms with E-state index in [1.54, 1.807) is 24.3 Å². The van der Waals surface area contributed by atoms with Gasteiger partial charge in [0.1, 0.15) is 12.3 Å². The first kappa shape index (κ1) is 20.4. The van der Waals surface area contributed by atoms with Crippen molar-refractivity contribution in [1.29, 1.82) is 0 Å². The van der Waals surface area contributed by atoms with Gasteiger partial charge in [-0.25, -0.2) is 8.42 Å². The van der Waals surface area contributed by atoms with E-state index in [2.05, 4.69) is 5.32 Å². The van der Waals surface area contributed by atoms with Gasteiger partial charge in [-0.05, 0) is 49.4 Å². The molecule has 9 heteroatoms. The molecular weight excluding hydrogens is 399 g/mol. The van der Waals surface area contributed by atoms with Crippen molar-refractivity contribution < 1.29 is 17.9 Å². The number of halogens is 2. The highest BCUT2D eigenvalue weighted by molar-refractivity contribution is 7.92. The zero-order chi connectivity index (χ0) is 19.3. The van der Waals surface area contributed by atoms with Gasteiger partial charge in [-0.1, -0.05) is 23.2 Å². The van der Waals surface area contributed by atoms with E-state index in [0.717, 1.165) is 10.6 Å². The summed E-state index contributed by atoms with van der Waals surface area (Å²) in [6.45, 7) is 1.99. The third-order valence-electron chi connectivity index (χ3n) is 3.32. The monoisotopic (exact) mass is 416 g/mol. The summed E-state index contributed by atoms with van der Waals surface area (Å²) in [6, 6.07) is 11.1. The fourth-order valence-electron chi connectivity index (χ4n) is 2.20. The van der Waals surface area contributed by atoms with Crippen LogP contribution in [0.25, 0.3) is 0 Å². The zero-order valence-electron chi connectivity index (χ0n) is 14.2. The van der Waals surface area contributed by atoms with Crippen molar-refractivity contribution in [2.45, 2.75) is 6.92 Å². The lowest BCUT2D eigenvalue weighted by atomic mass is 10.3. The third-order valence-corrected chi connectivity index (χ3v) is 4.98. The second-order valence-corrected chi connectivity index (χ2v) is 8.12. The highest BCUT2D eigenvalue weighted by Crippen LogP contribution is 2.30. The molecule has 6 nitrogen and oxygen atoms in total. The molecule has 1 amide bonds. The first-order valence-corrected chi connectivity index (χ1v) is 10.3. The quantitative estimate of drug-likeness (QED) is 0.744. The van der Waals surface area contributed by atoms with Gasteiger partial charge in [0.15, 0.2) is 0 Å². The second-order valence-electron chi connectivity index (χ2n) is 5.37. The number of amides is 1. The Morgan fingerprint density at radius 2 is 1.81 bits per heavy atom. The number of hydrogen-bond donors (Lipinski definition) is 1. The summed E-state index contributed by atoms with van der Waals surface area (Å²) >= 11 is 11.9. The van der Waals surface area contributed by atoms with Gasteiger partial charge in [-0.3, -0.25) is 9.10 Å². The number of nitrogens with one attached hydrogen (secondary N) is 1. The summed E-state index contributed by atoms with van der Waals surface area (Å²) in [5.74, 6) is 0.168. The SMILES string of the molecule is CCOc1ccc(NC(=O)CN(c2ccc(Cl)cc2Cl)S(C)(=O)=O)cc1. The normalized spacial score (nSPS) is 11.1. The number of sulfonamides is 1. The standard InChI is InChI=1S/C17H18Cl2N2O4S/c1-3-25-14-7-5-13(6-8-14)20-17(22)11-21(26(2,23)24)16-9-4-12(18)10-15(16)19/h4-10H,3,11H2,1-2H3,(H,20,22). The van der Waals surface area contributed by atoms with Crippen LogP contribution in [0.5, 0.6) is 5.75 Å². The minimum absolute atomic E-state index is 0.136. The van der Waals surface area contributed by atoms with Crippen molar-refractivity contribution in [1.82, 2.24) is 0 Å². The minimum Gasteiger partial charge on any atom is -0.494 e. The van der Waals surface area contributed by atoms with E-state index in [-0.39, 0.29) is 10.7 Å². The molecule has 2 rings (SSSR count). The maximum absolute atomic E-state index is 12.3. The van der Waals surface area contributed by atoms with Crippen LogP contribution in [0, 0.1) is 0 Å². The molecule has 1 N–H and O–H groups in total. The topological polar surface area (TPSA) is 75.7 Å². The van der Waals surface area contributed by atoms with Gasteiger partial charge in [0.05, 0.1) is 23.6 Å². The van der Waals surface area contributed by atoms with Crippen molar-refractivity contribution in [3.8, 4) is 5.75 Å². The van der Waals surface area contributed by atoms with E-state index < -0.39 is 22.5 Å². The van der Waals surface area contributed by atoms with Gasteiger partial charge in [-0.15, -0.1) is 0 Å². The van der Waals surface area contributed by atoms with Crippen LogP contribution >= 0.6 is 23.2 Å². The highest BCUT2D eigenvalue weighted by Gasteiger charge is 2.23. The van der Waals surface area contributed by atoms with Gasteiger partial charge >= 0.3 is 0 Å². The molecule has 26 heavy (non-hydrogen) atoms. The molecule has 0 aliphatic rings. The van der Waals surface area contributed by atoms with Crippen molar-refractivity contribution in [2.24, 2.45) is 0 Å². The van der Waals surface area contributed by atoms with Crippen molar-refractivity contribution >= 4 is 50.5 Å². The van der Waals surface area contributed by atoms with Crippen LogP contribution in [0.1, 0.15) is 6.92 Å². The number of hydrogen-bond acceptors (Lipinski definition) is 4. The molecule has 0 saturated heterocycles. The van der Waals surface area contributed by atoms with Crippen LogP contribution in [0.2, 0.25) is 10.0 Å². The Morgan fingerprint density at radius 1 is 1.15 bits per heavy atom. The number of carbonyl (C=O) groups excluding carboxylic acids is 1. The summed E-state index contributed by atoms with van der Waals surface area (Å²) in [6.07, 6.45) is 1.00. The summed E-state index contributed by atoms with van der Waals surface area (Å²) in [7, 11) is -3.73. The van der Waals surface area contributed by atoms with Crippen LogP contribution in [0.15, 0.2) is 42.5 Å². The maximum Gasteiger partial charge on any atom is 0.245 e. The van der Waals surface area contributed by atoms with E-state index in [0.29, 0.717) is 23.1 Å². The van der Waals surface area contributed by atoms with Crippen LogP contribution in [0.3, 0.4) is 0 Å². The van der Waals surface area contributed by atoms with E-state index in [1.165, 1.54) is 18.2 Å². The molecular formula is C17H18Cl2N2O4S. The Balaban J connectivity index is 2.17. The van der Waals surface area contributed by atoms with Crippen LogP contribution < -0.4 is 14.4 Å². The van der Waals surface area contributed by atoms with Crippen molar-refractivity contribution in [3.05, 3.63) is 52.5 Å². The number of ether oxygens (including phenoxy) is 1. The Bertz CT molecular complexity index is 886. The molecule has 2 aromatic carbocycles. The van der Waals surface area contributed by atoms with Crippen molar-refractivity contribution in [3.63, 3.8) is 0 Å². The highest BCUT2D eigenvalue weighted by atomic mass is 35.5. The molecule has 0 heterocycles. The predicted molar refractivity (Wildman–Crippen MR) is 105 cm³/mol. The second kappa shape index (κ2) is 8.62.